The van der Waals surface area contributed by atoms with Gasteiger partial charge in [-0.25, -0.2) is 9.97 Å². The summed E-state index contributed by atoms with van der Waals surface area (Å²) < 4.78 is 16.8. The normalized spacial score (nSPS) is 15.1. The van der Waals surface area contributed by atoms with Crippen LogP contribution in [0.1, 0.15) is 38.9 Å². The summed E-state index contributed by atoms with van der Waals surface area (Å²) >= 11 is 0. The highest BCUT2D eigenvalue weighted by Gasteiger charge is 2.45. The van der Waals surface area contributed by atoms with Crippen molar-refractivity contribution in [3.63, 3.8) is 0 Å². The van der Waals surface area contributed by atoms with Crippen LogP contribution < -0.4 is 19.8 Å². The fourth-order valence-electron chi connectivity index (χ4n) is 4.19. The second-order valence-corrected chi connectivity index (χ2v) is 7.85. The van der Waals surface area contributed by atoms with Crippen molar-refractivity contribution in [1.82, 2.24) is 9.97 Å². The van der Waals surface area contributed by atoms with Gasteiger partial charge < -0.3 is 13.9 Å². The Labute approximate surface area is 189 Å². The zero-order chi connectivity index (χ0) is 23.3. The molecule has 0 spiro atoms. The van der Waals surface area contributed by atoms with Crippen molar-refractivity contribution in [2.75, 3.05) is 19.1 Å². The number of hydrogen-bond donors (Lipinski definition) is 0. The van der Waals surface area contributed by atoms with Crippen molar-refractivity contribution in [3.8, 4) is 11.5 Å². The molecule has 1 aliphatic heterocycles. The van der Waals surface area contributed by atoms with Crippen molar-refractivity contribution in [1.29, 1.82) is 0 Å². The highest BCUT2D eigenvalue weighted by atomic mass is 16.5. The molecule has 2 aromatic carbocycles. The molecule has 0 saturated heterocycles. The summed E-state index contributed by atoms with van der Waals surface area (Å²) in [7, 11) is 3.07. The average Bonchev–Trinajstić information content (AvgIpc) is 3.13. The smallest absolute Gasteiger partial charge is 0.297 e. The lowest BCUT2D eigenvalue weighted by Crippen LogP contribution is -2.31. The van der Waals surface area contributed by atoms with Crippen LogP contribution in [0.4, 0.5) is 5.95 Å². The molecule has 33 heavy (non-hydrogen) atoms. The molecule has 0 aliphatic carbocycles. The van der Waals surface area contributed by atoms with Crippen LogP contribution in [0.15, 0.2) is 58.0 Å². The third kappa shape index (κ3) is 3.14. The van der Waals surface area contributed by atoms with Gasteiger partial charge in [-0.15, -0.1) is 0 Å². The minimum atomic E-state index is -0.794. The lowest BCUT2D eigenvalue weighted by atomic mass is 9.97. The molecule has 1 atom stereocenters. The van der Waals surface area contributed by atoms with E-state index in [0.29, 0.717) is 28.0 Å². The average molecular weight is 443 g/mol. The van der Waals surface area contributed by atoms with E-state index in [1.54, 1.807) is 55.9 Å². The fraction of sp³-hybridized carbons (Fsp3) is 0.200. The van der Waals surface area contributed by atoms with Gasteiger partial charge in [0.25, 0.3) is 5.91 Å². The molecule has 166 valence electrons. The van der Waals surface area contributed by atoms with E-state index >= 15 is 0 Å². The SMILES string of the molecule is COc1ccc(C2c3c(oc4cc(C)c(C)cc4c3=O)C(=O)N2c2ncccn2)cc1OC. The van der Waals surface area contributed by atoms with Crippen LogP contribution in [0.5, 0.6) is 11.5 Å². The summed E-state index contributed by atoms with van der Waals surface area (Å²) in [6.45, 7) is 3.86. The molecule has 0 N–H and O–H groups in total. The second-order valence-electron chi connectivity index (χ2n) is 7.85. The number of carbonyl (C=O) groups excluding carboxylic acids is 1. The minimum Gasteiger partial charge on any atom is -0.493 e. The van der Waals surface area contributed by atoms with E-state index in [0.717, 1.165) is 11.1 Å². The topological polar surface area (TPSA) is 94.8 Å². The first-order valence-corrected chi connectivity index (χ1v) is 10.3. The molecule has 0 bridgehead atoms. The molecule has 1 amide bonds. The van der Waals surface area contributed by atoms with Crippen LogP contribution in [0.3, 0.4) is 0 Å². The fourth-order valence-corrected chi connectivity index (χ4v) is 4.19. The van der Waals surface area contributed by atoms with Gasteiger partial charge in [0.2, 0.25) is 11.7 Å². The van der Waals surface area contributed by atoms with E-state index in [-0.39, 0.29) is 22.7 Å². The van der Waals surface area contributed by atoms with Gasteiger partial charge in [-0.1, -0.05) is 6.07 Å². The Hall–Kier alpha value is -4.20. The first-order valence-electron chi connectivity index (χ1n) is 10.3. The van der Waals surface area contributed by atoms with Crippen LogP contribution in [0, 0.1) is 13.8 Å². The standard InChI is InChI=1S/C25H21N3O5/c1-13-10-16-18(11-14(13)2)33-23-20(22(16)29)21(15-6-7-17(31-3)19(12-15)32-4)28(24(23)30)25-26-8-5-9-27-25/h5-12,21H,1-4H3. The van der Waals surface area contributed by atoms with E-state index in [1.165, 1.54) is 12.0 Å². The summed E-state index contributed by atoms with van der Waals surface area (Å²) in [5.74, 6) is 0.687. The third-order valence-electron chi connectivity index (χ3n) is 5.98. The Balaban J connectivity index is 1.82. The molecule has 4 aromatic rings. The molecule has 8 heteroatoms. The lowest BCUT2D eigenvalue weighted by molar-refractivity contribution is 0.0969. The summed E-state index contributed by atoms with van der Waals surface area (Å²) in [4.78, 5) is 37.2. The molecule has 3 heterocycles. The highest BCUT2D eigenvalue weighted by Crippen LogP contribution is 2.42. The second kappa shape index (κ2) is 7.74. The molecule has 2 aromatic heterocycles. The van der Waals surface area contributed by atoms with Gasteiger partial charge in [-0.3, -0.25) is 14.5 Å². The molecule has 0 fully saturated rings. The van der Waals surface area contributed by atoms with E-state index in [4.69, 9.17) is 13.9 Å². The zero-order valence-electron chi connectivity index (χ0n) is 18.6. The Bertz CT molecular complexity index is 1460. The zero-order valence-corrected chi connectivity index (χ0v) is 18.6. The quantitative estimate of drug-likeness (QED) is 0.471. The maximum absolute atomic E-state index is 13.7. The van der Waals surface area contributed by atoms with Gasteiger partial charge in [0.05, 0.1) is 31.2 Å². The van der Waals surface area contributed by atoms with E-state index in [9.17, 15) is 9.59 Å². The van der Waals surface area contributed by atoms with Crippen LogP contribution in [0.25, 0.3) is 11.0 Å². The Kier molecular flexibility index (Phi) is 4.85. The first-order chi connectivity index (χ1) is 15.9. The number of methoxy groups -OCH3 is 2. The number of anilines is 1. The molecule has 1 aliphatic rings. The maximum Gasteiger partial charge on any atom is 0.297 e. The van der Waals surface area contributed by atoms with Gasteiger partial charge in [0.1, 0.15) is 5.58 Å². The Morgan fingerprint density at radius 2 is 1.64 bits per heavy atom. The number of aromatic nitrogens is 2. The summed E-state index contributed by atoms with van der Waals surface area (Å²) in [5, 5.41) is 0.422. The number of amides is 1. The van der Waals surface area contributed by atoms with Crippen LogP contribution in [0.2, 0.25) is 0 Å². The molecule has 5 rings (SSSR count). The number of fused-ring (bicyclic) bond motifs is 2. The summed E-state index contributed by atoms with van der Waals surface area (Å²) in [6.07, 6.45) is 3.09. The number of benzene rings is 2. The van der Waals surface area contributed by atoms with Crippen molar-refractivity contribution in [2.45, 2.75) is 19.9 Å². The lowest BCUT2D eigenvalue weighted by Gasteiger charge is -2.23. The number of nitrogens with zero attached hydrogens (tertiary/aromatic N) is 3. The van der Waals surface area contributed by atoms with Crippen molar-refractivity contribution < 1.29 is 18.7 Å². The Morgan fingerprint density at radius 1 is 0.939 bits per heavy atom. The predicted molar refractivity (Wildman–Crippen MR) is 122 cm³/mol. The highest BCUT2D eigenvalue weighted by molar-refractivity contribution is 6.09. The van der Waals surface area contributed by atoms with E-state index in [2.05, 4.69) is 9.97 Å². The maximum atomic E-state index is 13.7. The Morgan fingerprint density at radius 3 is 2.33 bits per heavy atom. The predicted octanol–water partition coefficient (Wildman–Crippen LogP) is 3.97. The van der Waals surface area contributed by atoms with Gasteiger partial charge >= 0.3 is 0 Å². The largest absolute Gasteiger partial charge is 0.493 e. The third-order valence-corrected chi connectivity index (χ3v) is 5.98. The van der Waals surface area contributed by atoms with Crippen LogP contribution in [-0.2, 0) is 0 Å². The summed E-state index contributed by atoms with van der Waals surface area (Å²) in [5.41, 5.74) is 2.93. The number of hydrogen-bond acceptors (Lipinski definition) is 7. The van der Waals surface area contributed by atoms with Gasteiger partial charge in [0, 0.05) is 12.4 Å². The number of carbonyl (C=O) groups is 1. The first kappa shape index (κ1) is 20.7. The number of ether oxygens (including phenoxy) is 2. The summed E-state index contributed by atoms with van der Waals surface area (Å²) in [6, 6.07) is 9.71. The number of rotatable bonds is 4. The van der Waals surface area contributed by atoms with Gasteiger partial charge in [0.15, 0.2) is 16.9 Å². The molecule has 1 unspecified atom stereocenters. The van der Waals surface area contributed by atoms with E-state index < -0.39 is 11.9 Å². The van der Waals surface area contributed by atoms with Crippen molar-refractivity contribution >= 4 is 22.8 Å². The molecular weight excluding hydrogens is 422 g/mol. The minimum absolute atomic E-state index is 0.0111. The molecule has 0 saturated carbocycles. The monoisotopic (exact) mass is 443 g/mol. The van der Waals surface area contributed by atoms with Crippen molar-refractivity contribution in [2.24, 2.45) is 0 Å². The molecule has 8 nitrogen and oxygen atoms in total. The van der Waals surface area contributed by atoms with E-state index in [1.807, 2.05) is 13.8 Å². The van der Waals surface area contributed by atoms with Gasteiger partial charge in [-0.05, 0) is 60.9 Å². The van der Waals surface area contributed by atoms with Crippen LogP contribution >= 0.6 is 0 Å². The van der Waals surface area contributed by atoms with Crippen LogP contribution in [-0.4, -0.2) is 30.1 Å². The van der Waals surface area contributed by atoms with Gasteiger partial charge in [-0.2, -0.15) is 0 Å². The molecular formula is C25H21N3O5. The number of aryl methyl sites for hydroxylation is 2. The molecule has 0 radical (unpaired) electrons. The van der Waals surface area contributed by atoms with Crippen molar-refractivity contribution in [3.05, 3.63) is 87.0 Å².